The Bertz CT molecular complexity index is 527. The number of Topliss-reactive ketones (excluding diaryl/α,β-unsaturated/α-hetero) is 1. The molecule has 3 nitrogen and oxygen atoms in total. The summed E-state index contributed by atoms with van der Waals surface area (Å²) in [5.74, 6) is 0.992. The van der Waals surface area contributed by atoms with Crippen LogP contribution in [-0.2, 0) is 10.8 Å². The Hall–Kier alpha value is -0.940. The number of carbonyl (C=O) groups excluding carboxylic acids is 1. The average molecular weight is 281 g/mol. The molecule has 2 rings (SSSR count). The lowest BCUT2D eigenvalue weighted by atomic mass is 9.82. The van der Waals surface area contributed by atoms with E-state index in [4.69, 9.17) is 0 Å². The van der Waals surface area contributed by atoms with Crippen LogP contribution < -0.4 is 0 Å². The van der Waals surface area contributed by atoms with Crippen molar-refractivity contribution < 1.29 is 9.00 Å². The first-order valence-corrected chi connectivity index (χ1v) is 8.69. The van der Waals surface area contributed by atoms with Gasteiger partial charge in [0.25, 0.3) is 0 Å². The van der Waals surface area contributed by atoms with E-state index in [0.717, 1.165) is 0 Å². The van der Waals surface area contributed by atoms with Crippen LogP contribution in [0.3, 0.4) is 0 Å². The Morgan fingerprint density at radius 3 is 2.78 bits per heavy atom. The maximum Gasteiger partial charge on any atom is 0.178 e. The second-order valence-corrected chi connectivity index (χ2v) is 6.71. The highest BCUT2D eigenvalue weighted by atomic mass is 32.2. The van der Waals surface area contributed by atoms with Gasteiger partial charge in [-0.2, -0.15) is 11.8 Å². The second kappa shape index (κ2) is 5.36. The van der Waals surface area contributed by atoms with Crippen LogP contribution >= 0.6 is 11.8 Å². The zero-order chi connectivity index (χ0) is 13.2. The predicted octanol–water partition coefficient (Wildman–Crippen LogP) is 2.31. The predicted molar refractivity (Wildman–Crippen MR) is 78.7 cm³/mol. The van der Waals surface area contributed by atoms with Crippen LogP contribution in [0.2, 0.25) is 0 Å². The molecule has 1 aliphatic heterocycles. The second-order valence-electron chi connectivity index (χ2n) is 4.41. The lowest BCUT2D eigenvalue weighted by Gasteiger charge is -2.30. The van der Waals surface area contributed by atoms with Gasteiger partial charge in [-0.3, -0.25) is 14.0 Å². The van der Waals surface area contributed by atoms with Crippen molar-refractivity contribution in [2.75, 3.05) is 24.0 Å². The van der Waals surface area contributed by atoms with Crippen LogP contribution in [0.5, 0.6) is 0 Å². The first-order valence-electron chi connectivity index (χ1n) is 5.57. The molecule has 0 fully saturated rings. The molecule has 1 aromatic carbocycles. The Balaban J connectivity index is 2.46. The first-order chi connectivity index (χ1) is 8.59. The SMILES string of the molecule is CSCC1(CS(C)=O)C=Nc2ccccc2C1=O. The Kier molecular flexibility index (Phi) is 4.02. The molecule has 0 radical (unpaired) electrons. The number of fused-ring (bicyclic) bond motifs is 1. The molecule has 0 amide bonds. The van der Waals surface area contributed by atoms with Crippen molar-refractivity contribution in [2.45, 2.75) is 0 Å². The molecule has 1 aromatic rings. The zero-order valence-electron chi connectivity index (χ0n) is 10.4. The highest BCUT2D eigenvalue weighted by Crippen LogP contribution is 2.35. The summed E-state index contributed by atoms with van der Waals surface area (Å²) in [7, 11) is -1.03. The number of para-hydroxylation sites is 1. The number of ketones is 1. The number of nitrogens with zero attached hydrogens (tertiary/aromatic N) is 1. The van der Waals surface area contributed by atoms with Crippen molar-refractivity contribution in [1.29, 1.82) is 0 Å². The van der Waals surface area contributed by atoms with Crippen molar-refractivity contribution in [3.05, 3.63) is 29.8 Å². The quantitative estimate of drug-likeness (QED) is 0.851. The number of rotatable bonds is 4. The fourth-order valence-electron chi connectivity index (χ4n) is 2.17. The summed E-state index contributed by atoms with van der Waals surface area (Å²) in [6.07, 6.45) is 5.27. The first kappa shape index (κ1) is 13.5. The van der Waals surface area contributed by atoms with E-state index in [1.807, 2.05) is 24.5 Å². The van der Waals surface area contributed by atoms with E-state index in [1.54, 1.807) is 30.3 Å². The van der Waals surface area contributed by atoms with Gasteiger partial charge in [-0.1, -0.05) is 12.1 Å². The van der Waals surface area contributed by atoms with Crippen LogP contribution in [0, 0.1) is 5.41 Å². The van der Waals surface area contributed by atoms with E-state index in [0.29, 0.717) is 22.8 Å². The van der Waals surface area contributed by atoms with Crippen molar-refractivity contribution in [2.24, 2.45) is 10.4 Å². The third-order valence-corrected chi connectivity index (χ3v) is 4.64. The molecule has 0 saturated heterocycles. The molecule has 18 heavy (non-hydrogen) atoms. The summed E-state index contributed by atoms with van der Waals surface area (Å²) in [5, 5.41) is 0. The fourth-order valence-corrected chi connectivity index (χ4v) is 4.15. The molecule has 0 aliphatic carbocycles. The number of hydrogen-bond donors (Lipinski definition) is 0. The number of aliphatic imine (C=N–C) groups is 1. The van der Waals surface area contributed by atoms with E-state index < -0.39 is 16.2 Å². The summed E-state index contributed by atoms with van der Waals surface area (Å²) in [4.78, 5) is 17.0. The fraction of sp³-hybridized carbons (Fsp3) is 0.385. The molecular weight excluding hydrogens is 266 g/mol. The average Bonchev–Trinajstić information content (AvgIpc) is 2.34. The van der Waals surface area contributed by atoms with Crippen molar-refractivity contribution in [3.63, 3.8) is 0 Å². The largest absolute Gasteiger partial charge is 0.293 e. The molecule has 0 spiro atoms. The number of carbonyl (C=O) groups is 1. The molecule has 0 saturated carbocycles. The van der Waals surface area contributed by atoms with Gasteiger partial charge in [0.2, 0.25) is 0 Å². The molecule has 0 N–H and O–H groups in total. The van der Waals surface area contributed by atoms with Crippen LogP contribution in [0.25, 0.3) is 0 Å². The maximum absolute atomic E-state index is 12.6. The third kappa shape index (κ3) is 2.42. The molecular formula is C13H15NO2S2. The monoisotopic (exact) mass is 281 g/mol. The molecule has 0 bridgehead atoms. The minimum Gasteiger partial charge on any atom is -0.293 e. The molecule has 2 atom stereocenters. The molecule has 1 aliphatic rings. The van der Waals surface area contributed by atoms with Crippen molar-refractivity contribution in [3.8, 4) is 0 Å². The molecule has 96 valence electrons. The number of benzene rings is 1. The van der Waals surface area contributed by atoms with E-state index in [2.05, 4.69) is 4.99 Å². The Labute approximate surface area is 114 Å². The van der Waals surface area contributed by atoms with Crippen LogP contribution in [-0.4, -0.2) is 40.2 Å². The summed E-state index contributed by atoms with van der Waals surface area (Å²) < 4.78 is 11.5. The van der Waals surface area contributed by atoms with Gasteiger partial charge in [-0.15, -0.1) is 0 Å². The van der Waals surface area contributed by atoms with Crippen LogP contribution in [0.4, 0.5) is 5.69 Å². The van der Waals surface area contributed by atoms with Gasteiger partial charge in [0.1, 0.15) is 0 Å². The van der Waals surface area contributed by atoms with Gasteiger partial charge in [-0.05, 0) is 18.4 Å². The van der Waals surface area contributed by atoms with E-state index in [9.17, 15) is 9.00 Å². The molecule has 5 heteroatoms. The van der Waals surface area contributed by atoms with Gasteiger partial charge in [0, 0.05) is 40.3 Å². The molecule has 1 heterocycles. The van der Waals surface area contributed by atoms with Crippen molar-refractivity contribution >= 4 is 40.2 Å². The van der Waals surface area contributed by atoms with Crippen LogP contribution in [0.15, 0.2) is 29.3 Å². The van der Waals surface area contributed by atoms with E-state index in [-0.39, 0.29) is 5.78 Å². The zero-order valence-corrected chi connectivity index (χ0v) is 12.0. The topological polar surface area (TPSA) is 46.5 Å². The summed E-state index contributed by atoms with van der Waals surface area (Å²) >= 11 is 1.58. The smallest absolute Gasteiger partial charge is 0.178 e. The van der Waals surface area contributed by atoms with E-state index in [1.165, 1.54) is 0 Å². The molecule has 2 unspecified atom stereocenters. The standard InChI is InChI=1S/C13H15NO2S2/c1-17-8-13(9-18(2)16)7-14-11-6-4-3-5-10(11)12(13)15/h3-7H,8-9H2,1-2H3. The van der Waals surface area contributed by atoms with Crippen molar-refractivity contribution in [1.82, 2.24) is 0 Å². The molecule has 0 aromatic heterocycles. The Morgan fingerprint density at radius 2 is 2.11 bits per heavy atom. The van der Waals surface area contributed by atoms with Gasteiger partial charge < -0.3 is 0 Å². The van der Waals surface area contributed by atoms with Gasteiger partial charge in [0.05, 0.1) is 11.1 Å². The third-order valence-electron chi connectivity index (χ3n) is 2.91. The summed E-state index contributed by atoms with van der Waals surface area (Å²) in [6.45, 7) is 0. The number of thioether (sulfide) groups is 1. The normalized spacial score (nSPS) is 23.8. The lowest BCUT2D eigenvalue weighted by Crippen LogP contribution is -2.42. The van der Waals surface area contributed by atoms with Gasteiger partial charge >= 0.3 is 0 Å². The van der Waals surface area contributed by atoms with Crippen LogP contribution in [0.1, 0.15) is 10.4 Å². The van der Waals surface area contributed by atoms with Gasteiger partial charge in [0.15, 0.2) is 5.78 Å². The highest BCUT2D eigenvalue weighted by molar-refractivity contribution is 7.98. The van der Waals surface area contributed by atoms with E-state index >= 15 is 0 Å². The summed E-state index contributed by atoms with van der Waals surface area (Å²) in [5.41, 5.74) is 0.633. The number of hydrogen-bond acceptors (Lipinski definition) is 4. The lowest BCUT2D eigenvalue weighted by molar-refractivity contribution is 0.0909. The Morgan fingerprint density at radius 1 is 1.39 bits per heavy atom. The minimum absolute atomic E-state index is 0.0395. The maximum atomic E-state index is 12.6. The highest BCUT2D eigenvalue weighted by Gasteiger charge is 2.41. The van der Waals surface area contributed by atoms with Gasteiger partial charge in [-0.25, -0.2) is 0 Å². The summed E-state index contributed by atoms with van der Waals surface area (Å²) in [6, 6.07) is 7.32. The minimum atomic E-state index is -1.03.